The fourth-order valence-electron chi connectivity index (χ4n) is 4.06. The molecule has 0 saturated heterocycles. The third kappa shape index (κ3) is 7.51. The van der Waals surface area contributed by atoms with E-state index in [4.69, 9.17) is 21.1 Å². The lowest BCUT2D eigenvalue weighted by Gasteiger charge is -2.27. The number of hydrogen-bond donors (Lipinski definition) is 0. The molecule has 216 valence electrons. The number of methoxy groups -OCH3 is 2. The van der Waals surface area contributed by atoms with E-state index >= 15 is 0 Å². The largest absolute Gasteiger partial charge is 0.493 e. The van der Waals surface area contributed by atoms with E-state index in [0.29, 0.717) is 37.4 Å². The van der Waals surface area contributed by atoms with Crippen LogP contribution in [0.25, 0.3) is 0 Å². The summed E-state index contributed by atoms with van der Waals surface area (Å²) < 4.78 is 38.8. The van der Waals surface area contributed by atoms with Crippen molar-refractivity contribution in [2.45, 2.75) is 38.1 Å². The van der Waals surface area contributed by atoms with E-state index in [-0.39, 0.29) is 22.4 Å². The van der Waals surface area contributed by atoms with Crippen molar-refractivity contribution in [3.8, 4) is 11.5 Å². The van der Waals surface area contributed by atoms with Gasteiger partial charge in [-0.15, -0.1) is 11.3 Å². The van der Waals surface area contributed by atoms with Crippen LogP contribution in [0, 0.1) is 17.0 Å². The van der Waals surface area contributed by atoms with Crippen LogP contribution in [0.2, 0.25) is 5.02 Å². The summed E-state index contributed by atoms with van der Waals surface area (Å²) in [6.07, 6.45) is 0.943. The molecule has 0 spiro atoms. The van der Waals surface area contributed by atoms with Crippen molar-refractivity contribution < 1.29 is 27.6 Å². The highest BCUT2D eigenvalue weighted by molar-refractivity contribution is 7.89. The first-order valence-electron chi connectivity index (χ1n) is 12.5. The summed E-state index contributed by atoms with van der Waals surface area (Å²) in [6.45, 7) is 4.06. The van der Waals surface area contributed by atoms with E-state index in [1.807, 2.05) is 30.5 Å². The van der Waals surface area contributed by atoms with Crippen LogP contribution >= 0.6 is 22.9 Å². The first-order valence-corrected chi connectivity index (χ1v) is 15.2. The maximum Gasteiger partial charge on any atom is 0.289 e. The van der Waals surface area contributed by atoms with Gasteiger partial charge in [-0.25, -0.2) is 8.42 Å². The number of nitro groups is 1. The highest BCUT2D eigenvalue weighted by atomic mass is 35.5. The number of ether oxygens (including phenoxy) is 2. The number of hydrogen-bond acceptors (Lipinski definition) is 8. The van der Waals surface area contributed by atoms with Gasteiger partial charge in [0.25, 0.3) is 5.69 Å². The predicted molar refractivity (Wildman–Crippen MR) is 155 cm³/mol. The van der Waals surface area contributed by atoms with Gasteiger partial charge in [-0.3, -0.25) is 14.9 Å². The van der Waals surface area contributed by atoms with Gasteiger partial charge < -0.3 is 14.4 Å². The monoisotopic (exact) mass is 609 g/mol. The standard InChI is InChI=1S/C27H32ClN3O7S2/c1-5-12-30(40(35,36)21-7-8-22(28)23(16-21)31(33)34)18-27(32)29(17-26-19(2)11-14-39-26)13-10-20-6-9-24(37-3)25(15-20)38-4/h6-9,11,14-16H,5,10,12-13,17-18H2,1-4H3. The second-order valence-electron chi connectivity index (χ2n) is 8.99. The molecule has 0 atom stereocenters. The maximum absolute atomic E-state index is 13.7. The molecule has 10 nitrogen and oxygen atoms in total. The minimum atomic E-state index is -4.22. The normalized spacial score (nSPS) is 11.4. The van der Waals surface area contributed by atoms with Gasteiger partial charge in [-0.1, -0.05) is 24.6 Å². The molecule has 0 fully saturated rings. The number of benzene rings is 2. The summed E-state index contributed by atoms with van der Waals surface area (Å²) >= 11 is 7.41. The Morgan fingerprint density at radius 3 is 2.40 bits per heavy atom. The highest BCUT2D eigenvalue weighted by Crippen LogP contribution is 2.30. The summed E-state index contributed by atoms with van der Waals surface area (Å²) in [7, 11) is -1.12. The zero-order chi connectivity index (χ0) is 29.4. The van der Waals surface area contributed by atoms with E-state index < -0.39 is 27.2 Å². The first-order chi connectivity index (χ1) is 19.0. The molecule has 0 aliphatic heterocycles. The molecule has 0 aliphatic rings. The lowest BCUT2D eigenvalue weighted by Crippen LogP contribution is -2.43. The molecular formula is C27H32ClN3O7S2. The molecular weight excluding hydrogens is 578 g/mol. The van der Waals surface area contributed by atoms with Crippen molar-refractivity contribution in [3.05, 3.63) is 79.0 Å². The van der Waals surface area contributed by atoms with Crippen molar-refractivity contribution in [1.82, 2.24) is 9.21 Å². The Labute approximate surface area is 243 Å². The topological polar surface area (TPSA) is 119 Å². The summed E-state index contributed by atoms with van der Waals surface area (Å²) in [5.41, 5.74) is 1.44. The van der Waals surface area contributed by atoms with Gasteiger partial charge in [0.2, 0.25) is 15.9 Å². The van der Waals surface area contributed by atoms with Crippen molar-refractivity contribution in [3.63, 3.8) is 0 Å². The smallest absolute Gasteiger partial charge is 0.289 e. The number of halogens is 1. The molecule has 0 radical (unpaired) electrons. The second-order valence-corrected chi connectivity index (χ2v) is 12.3. The molecule has 0 N–H and O–H groups in total. The molecule has 1 amide bonds. The molecule has 0 saturated carbocycles. The van der Waals surface area contributed by atoms with Crippen LogP contribution in [0.15, 0.2) is 52.7 Å². The Balaban J connectivity index is 1.88. The van der Waals surface area contributed by atoms with Crippen LogP contribution in [0.5, 0.6) is 11.5 Å². The molecule has 0 unspecified atom stereocenters. The SMILES string of the molecule is CCCN(CC(=O)N(CCc1ccc(OC)c(OC)c1)Cc1sccc1C)S(=O)(=O)c1ccc(Cl)c([N+](=O)[O-])c1. The number of thiophene rings is 1. The van der Waals surface area contributed by atoms with Gasteiger partial charge in [-0.05, 0) is 66.6 Å². The zero-order valence-electron chi connectivity index (χ0n) is 22.8. The van der Waals surface area contributed by atoms with E-state index in [2.05, 4.69) is 0 Å². The van der Waals surface area contributed by atoms with Gasteiger partial charge in [0.15, 0.2) is 11.5 Å². The summed E-state index contributed by atoms with van der Waals surface area (Å²) in [5, 5.41) is 13.1. The summed E-state index contributed by atoms with van der Waals surface area (Å²) in [5.74, 6) is 0.786. The van der Waals surface area contributed by atoms with Crippen molar-refractivity contribution in [1.29, 1.82) is 0 Å². The number of rotatable bonds is 14. The van der Waals surface area contributed by atoms with Crippen molar-refractivity contribution in [2.75, 3.05) is 33.9 Å². The zero-order valence-corrected chi connectivity index (χ0v) is 25.1. The molecule has 3 aromatic rings. The summed E-state index contributed by atoms with van der Waals surface area (Å²) in [4.78, 5) is 26.6. The summed E-state index contributed by atoms with van der Waals surface area (Å²) in [6, 6.07) is 10.8. The van der Waals surface area contributed by atoms with Gasteiger partial charge in [0, 0.05) is 24.0 Å². The van der Waals surface area contributed by atoms with Crippen molar-refractivity contribution in [2.24, 2.45) is 0 Å². The Bertz CT molecular complexity index is 1460. The van der Waals surface area contributed by atoms with Crippen LogP contribution < -0.4 is 9.47 Å². The molecule has 0 bridgehead atoms. The molecule has 2 aromatic carbocycles. The average molecular weight is 610 g/mol. The van der Waals surface area contributed by atoms with Gasteiger partial charge >= 0.3 is 0 Å². The van der Waals surface area contributed by atoms with Gasteiger partial charge in [-0.2, -0.15) is 4.31 Å². The molecule has 3 rings (SSSR count). The van der Waals surface area contributed by atoms with Gasteiger partial charge in [0.05, 0.1) is 37.1 Å². The minimum absolute atomic E-state index is 0.0616. The molecule has 1 aromatic heterocycles. The quantitative estimate of drug-likeness (QED) is 0.179. The molecule has 40 heavy (non-hydrogen) atoms. The van der Waals surface area contributed by atoms with Gasteiger partial charge in [0.1, 0.15) is 5.02 Å². The number of amides is 1. The maximum atomic E-state index is 13.7. The fourth-order valence-corrected chi connectivity index (χ4v) is 6.67. The van der Waals surface area contributed by atoms with E-state index in [1.165, 1.54) is 23.5 Å². The first kappa shape index (κ1) is 31.3. The van der Waals surface area contributed by atoms with E-state index in [0.717, 1.165) is 26.4 Å². The van der Waals surface area contributed by atoms with E-state index in [1.54, 1.807) is 32.1 Å². The third-order valence-corrected chi connectivity index (χ3v) is 9.48. The fraction of sp³-hybridized carbons (Fsp3) is 0.370. The van der Waals surface area contributed by atoms with Crippen LogP contribution in [0.1, 0.15) is 29.3 Å². The lowest BCUT2D eigenvalue weighted by molar-refractivity contribution is -0.384. The number of carbonyl (C=O) groups is 1. The van der Waals surface area contributed by atoms with Crippen LogP contribution in [0.4, 0.5) is 5.69 Å². The van der Waals surface area contributed by atoms with Crippen LogP contribution in [0.3, 0.4) is 0 Å². The number of carbonyl (C=O) groups excluding carboxylic acids is 1. The Hall–Kier alpha value is -3.19. The second kappa shape index (κ2) is 13.9. The number of sulfonamides is 1. The Morgan fingerprint density at radius 2 is 1.80 bits per heavy atom. The van der Waals surface area contributed by atoms with Crippen LogP contribution in [-0.4, -0.2) is 62.3 Å². The minimum Gasteiger partial charge on any atom is -0.493 e. The molecule has 1 heterocycles. The molecule has 0 aliphatic carbocycles. The van der Waals surface area contributed by atoms with Crippen molar-refractivity contribution >= 4 is 44.6 Å². The third-order valence-electron chi connectivity index (χ3n) is 6.31. The number of nitrogens with zero attached hydrogens (tertiary/aromatic N) is 3. The Morgan fingerprint density at radius 1 is 1.07 bits per heavy atom. The van der Waals surface area contributed by atoms with E-state index in [9.17, 15) is 23.3 Å². The number of aryl methyl sites for hydroxylation is 1. The predicted octanol–water partition coefficient (Wildman–Crippen LogP) is 5.31. The number of nitro benzene ring substituents is 1. The Kier molecular flexibility index (Phi) is 10.9. The average Bonchev–Trinajstić information content (AvgIpc) is 3.34. The van der Waals surface area contributed by atoms with Crippen LogP contribution in [-0.2, 0) is 27.8 Å². The lowest BCUT2D eigenvalue weighted by atomic mass is 10.1. The highest BCUT2D eigenvalue weighted by Gasteiger charge is 2.30. The molecule has 13 heteroatoms.